The zero-order chi connectivity index (χ0) is 14.8. The average Bonchev–Trinajstić information content (AvgIpc) is 2.71. The molecular weight excluding hydrogens is 282 g/mol. The Labute approximate surface area is 102 Å². The summed E-state index contributed by atoms with van der Waals surface area (Å²) in [7, 11) is 0. The van der Waals surface area contributed by atoms with Gasteiger partial charge in [0.15, 0.2) is 5.84 Å². The van der Waals surface area contributed by atoms with Crippen molar-refractivity contribution in [3.63, 3.8) is 0 Å². The van der Waals surface area contributed by atoms with Crippen LogP contribution in [0.4, 0.5) is 26.3 Å². The van der Waals surface area contributed by atoms with Crippen molar-refractivity contribution in [1.29, 1.82) is 0 Å². The number of amidine groups is 1. The average molecular weight is 290 g/mol. The van der Waals surface area contributed by atoms with Crippen LogP contribution in [-0.4, -0.2) is 27.0 Å². The molecule has 0 spiro atoms. The van der Waals surface area contributed by atoms with E-state index in [1.807, 2.05) is 0 Å². The molecule has 1 heterocycles. The Kier molecular flexibility index (Phi) is 3.96. The zero-order valence-electron chi connectivity index (χ0n) is 9.07. The maximum absolute atomic E-state index is 12.5. The molecule has 0 amide bonds. The molecule has 1 atom stereocenters. The van der Waals surface area contributed by atoms with Crippen molar-refractivity contribution in [2.45, 2.75) is 18.9 Å². The Morgan fingerprint density at radius 2 is 1.95 bits per heavy atom. The third kappa shape index (κ3) is 3.76. The summed E-state index contributed by atoms with van der Waals surface area (Å²) < 4.78 is 74.8. The van der Waals surface area contributed by atoms with Gasteiger partial charge in [0.05, 0.1) is 18.3 Å². The van der Waals surface area contributed by atoms with Gasteiger partial charge in [-0.1, -0.05) is 5.16 Å². The predicted molar refractivity (Wildman–Crippen MR) is 50.2 cm³/mol. The topological polar surface area (TPSA) is 76.4 Å². The molecular formula is C8H8F6N4O. The molecule has 0 aliphatic heterocycles. The van der Waals surface area contributed by atoms with Crippen LogP contribution in [0.15, 0.2) is 17.5 Å². The normalized spacial score (nSPS) is 15.6. The van der Waals surface area contributed by atoms with E-state index in [0.29, 0.717) is 17.1 Å². The summed E-state index contributed by atoms with van der Waals surface area (Å²) in [6, 6.07) is 0. The van der Waals surface area contributed by atoms with Crippen molar-refractivity contribution < 1.29 is 31.5 Å². The molecule has 19 heavy (non-hydrogen) atoms. The lowest BCUT2D eigenvalue weighted by Gasteiger charge is -2.18. The van der Waals surface area contributed by atoms with Gasteiger partial charge in [-0.25, -0.2) is 0 Å². The smallest absolute Gasteiger partial charge is 0.409 e. The maximum Gasteiger partial charge on any atom is 0.419 e. The molecule has 1 aromatic heterocycles. The van der Waals surface area contributed by atoms with E-state index < -0.39 is 36.2 Å². The molecule has 1 unspecified atom stereocenters. The number of halogens is 6. The van der Waals surface area contributed by atoms with Gasteiger partial charge in [-0.2, -0.15) is 31.4 Å². The molecule has 0 aliphatic carbocycles. The second-order valence-electron chi connectivity index (χ2n) is 3.57. The molecule has 0 bridgehead atoms. The quantitative estimate of drug-likeness (QED) is 0.293. The predicted octanol–water partition coefficient (Wildman–Crippen LogP) is 1.83. The molecule has 0 saturated heterocycles. The molecule has 1 rings (SSSR count). The monoisotopic (exact) mass is 290 g/mol. The summed E-state index contributed by atoms with van der Waals surface area (Å²) in [5.41, 5.74) is 3.67. The number of rotatable bonds is 3. The van der Waals surface area contributed by atoms with Crippen molar-refractivity contribution in [2.75, 3.05) is 0 Å². The number of hydrogen-bond acceptors (Lipinski definition) is 3. The van der Waals surface area contributed by atoms with Crippen molar-refractivity contribution in [2.24, 2.45) is 16.8 Å². The standard InChI is InChI=1S/C8H8F6N4O/c9-7(10,11)4-1-16-18(2-4)3-5(6(15)17-19)8(12,13)14/h1-2,5,19H,3H2,(H2,15,17). The molecule has 0 fully saturated rings. The van der Waals surface area contributed by atoms with Gasteiger partial charge >= 0.3 is 12.4 Å². The minimum Gasteiger partial charge on any atom is -0.409 e. The first-order valence-corrected chi connectivity index (χ1v) is 4.69. The van der Waals surface area contributed by atoms with Crippen LogP contribution in [0.1, 0.15) is 5.56 Å². The maximum atomic E-state index is 12.5. The number of hydrogen-bond donors (Lipinski definition) is 2. The van der Waals surface area contributed by atoms with E-state index in [-0.39, 0.29) is 0 Å². The molecule has 108 valence electrons. The Bertz CT molecular complexity index is 463. The lowest BCUT2D eigenvalue weighted by Crippen LogP contribution is -2.39. The summed E-state index contributed by atoms with van der Waals surface area (Å²) in [6.45, 7) is -1.02. The first-order valence-electron chi connectivity index (χ1n) is 4.69. The van der Waals surface area contributed by atoms with E-state index in [1.165, 1.54) is 0 Å². The SMILES string of the molecule is N/C(=N/O)C(Cn1cc(C(F)(F)F)cn1)C(F)(F)F. The lowest BCUT2D eigenvalue weighted by atomic mass is 10.1. The first-order chi connectivity index (χ1) is 8.55. The van der Waals surface area contributed by atoms with E-state index in [9.17, 15) is 26.3 Å². The third-order valence-electron chi connectivity index (χ3n) is 2.20. The van der Waals surface area contributed by atoms with Crippen molar-refractivity contribution in [3.05, 3.63) is 18.0 Å². The second kappa shape index (κ2) is 4.97. The molecule has 0 radical (unpaired) electrons. The lowest BCUT2D eigenvalue weighted by molar-refractivity contribution is -0.159. The fourth-order valence-electron chi connectivity index (χ4n) is 1.23. The first kappa shape index (κ1) is 15.1. The number of nitrogens with two attached hydrogens (primary N) is 1. The second-order valence-corrected chi connectivity index (χ2v) is 3.57. The molecule has 0 saturated carbocycles. The summed E-state index contributed by atoms with van der Waals surface area (Å²) in [4.78, 5) is 0. The van der Waals surface area contributed by atoms with Gasteiger partial charge in [-0.15, -0.1) is 0 Å². The van der Waals surface area contributed by atoms with Crippen LogP contribution in [0.2, 0.25) is 0 Å². The van der Waals surface area contributed by atoms with Crippen LogP contribution in [-0.2, 0) is 12.7 Å². The molecule has 3 N–H and O–H groups in total. The van der Waals surface area contributed by atoms with E-state index in [4.69, 9.17) is 10.9 Å². The van der Waals surface area contributed by atoms with Crippen molar-refractivity contribution in [1.82, 2.24) is 9.78 Å². The molecule has 0 aromatic carbocycles. The highest BCUT2D eigenvalue weighted by atomic mass is 19.4. The number of alkyl halides is 6. The van der Waals surface area contributed by atoms with E-state index >= 15 is 0 Å². The van der Waals surface area contributed by atoms with Gasteiger partial charge in [0.1, 0.15) is 5.92 Å². The third-order valence-corrected chi connectivity index (χ3v) is 2.20. The highest BCUT2D eigenvalue weighted by molar-refractivity contribution is 5.82. The van der Waals surface area contributed by atoms with Gasteiger partial charge in [0.25, 0.3) is 0 Å². The Hall–Kier alpha value is -1.94. The van der Waals surface area contributed by atoms with Gasteiger partial charge in [-0.3, -0.25) is 4.68 Å². The Morgan fingerprint density at radius 1 is 1.37 bits per heavy atom. The van der Waals surface area contributed by atoms with Crippen molar-refractivity contribution >= 4 is 5.84 Å². The summed E-state index contributed by atoms with van der Waals surface area (Å²) >= 11 is 0. The van der Waals surface area contributed by atoms with Crippen LogP contribution in [0, 0.1) is 5.92 Å². The fraction of sp³-hybridized carbons (Fsp3) is 0.500. The summed E-state index contributed by atoms with van der Waals surface area (Å²) in [5.74, 6) is -3.59. The van der Waals surface area contributed by atoms with Gasteiger partial charge < -0.3 is 10.9 Å². The van der Waals surface area contributed by atoms with Crippen LogP contribution < -0.4 is 5.73 Å². The van der Waals surface area contributed by atoms with Crippen LogP contribution in [0.3, 0.4) is 0 Å². The summed E-state index contributed by atoms with van der Waals surface area (Å²) in [6.07, 6.45) is -8.79. The Balaban J connectivity index is 2.96. The molecule has 5 nitrogen and oxygen atoms in total. The Morgan fingerprint density at radius 3 is 2.32 bits per heavy atom. The van der Waals surface area contributed by atoms with Gasteiger partial charge in [0, 0.05) is 6.20 Å². The zero-order valence-corrected chi connectivity index (χ0v) is 9.07. The van der Waals surface area contributed by atoms with Crippen molar-refractivity contribution in [3.8, 4) is 0 Å². The number of nitrogens with zero attached hydrogens (tertiary/aromatic N) is 3. The van der Waals surface area contributed by atoms with Crippen LogP contribution in [0.25, 0.3) is 0 Å². The highest BCUT2D eigenvalue weighted by Gasteiger charge is 2.43. The number of aromatic nitrogens is 2. The minimum absolute atomic E-state index is 0.389. The van der Waals surface area contributed by atoms with Gasteiger partial charge in [-0.05, 0) is 0 Å². The van der Waals surface area contributed by atoms with E-state index in [1.54, 1.807) is 0 Å². The number of oxime groups is 1. The highest BCUT2D eigenvalue weighted by Crippen LogP contribution is 2.30. The largest absolute Gasteiger partial charge is 0.419 e. The minimum atomic E-state index is -4.87. The van der Waals surface area contributed by atoms with E-state index in [2.05, 4.69) is 10.3 Å². The molecule has 0 aliphatic rings. The van der Waals surface area contributed by atoms with Gasteiger partial charge in [0.2, 0.25) is 0 Å². The fourth-order valence-corrected chi connectivity index (χ4v) is 1.23. The van der Waals surface area contributed by atoms with Crippen LogP contribution in [0.5, 0.6) is 0 Å². The van der Waals surface area contributed by atoms with E-state index in [0.717, 1.165) is 0 Å². The van der Waals surface area contributed by atoms with Crippen LogP contribution >= 0.6 is 0 Å². The molecule has 1 aromatic rings. The summed E-state index contributed by atoms with van der Waals surface area (Å²) in [5, 5.41) is 13.6. The molecule has 11 heteroatoms.